The summed E-state index contributed by atoms with van der Waals surface area (Å²) in [4.78, 5) is 16.9. The first-order chi connectivity index (χ1) is 11.3. The van der Waals surface area contributed by atoms with Crippen LogP contribution < -0.4 is 4.90 Å². The Morgan fingerprint density at radius 1 is 1.33 bits per heavy atom. The number of aliphatic carboxylic acids is 1. The molecule has 0 saturated carbocycles. The molecule has 1 N–H and O–H groups in total. The maximum absolute atomic E-state index is 13.1. The number of hydrogen-bond acceptors (Lipinski definition) is 4. The molecule has 0 aliphatic carbocycles. The Morgan fingerprint density at radius 3 is 2.62 bits per heavy atom. The lowest BCUT2D eigenvalue weighted by Gasteiger charge is -2.17. The second-order valence-electron chi connectivity index (χ2n) is 5.49. The second-order valence-corrected chi connectivity index (χ2v) is 6.74. The smallest absolute Gasteiger partial charge is 0.394 e. The zero-order valence-corrected chi connectivity index (χ0v) is 13.7. The van der Waals surface area contributed by atoms with Crippen LogP contribution in [-0.2, 0) is 4.79 Å². The van der Waals surface area contributed by atoms with E-state index in [1.54, 1.807) is 29.6 Å². The molecule has 9 heteroatoms. The molecule has 1 saturated heterocycles. The van der Waals surface area contributed by atoms with Crippen molar-refractivity contribution in [1.82, 2.24) is 4.98 Å². The Hall–Kier alpha value is -1.80. The van der Waals surface area contributed by atoms with Crippen molar-refractivity contribution < 1.29 is 23.1 Å². The molecule has 1 aromatic carbocycles. The number of aromatic nitrogens is 1. The van der Waals surface area contributed by atoms with Gasteiger partial charge < -0.3 is 10.0 Å². The molecule has 4 nitrogen and oxygen atoms in total. The summed E-state index contributed by atoms with van der Waals surface area (Å²) in [5, 5.41) is 11.6. The summed E-state index contributed by atoms with van der Waals surface area (Å²) >= 11 is 7.27. The van der Waals surface area contributed by atoms with Crippen LogP contribution in [0.1, 0.15) is 0 Å². The van der Waals surface area contributed by atoms with Gasteiger partial charge in [-0.05, 0) is 6.07 Å². The number of thiazole rings is 1. The number of anilines is 1. The third kappa shape index (κ3) is 3.21. The van der Waals surface area contributed by atoms with Crippen LogP contribution in [0, 0.1) is 11.8 Å². The molecule has 128 valence electrons. The molecule has 0 amide bonds. The van der Waals surface area contributed by atoms with E-state index >= 15 is 0 Å². The van der Waals surface area contributed by atoms with Crippen LogP contribution in [0.3, 0.4) is 0 Å². The summed E-state index contributed by atoms with van der Waals surface area (Å²) in [5.74, 6) is -4.83. The topological polar surface area (TPSA) is 53.4 Å². The lowest BCUT2D eigenvalue weighted by molar-refractivity contribution is -0.187. The Kier molecular flexibility index (Phi) is 4.44. The molecule has 2 aromatic rings. The summed E-state index contributed by atoms with van der Waals surface area (Å²) in [6.07, 6.45) is -4.55. The fourth-order valence-electron chi connectivity index (χ4n) is 2.74. The standard InChI is InChI=1S/C15H12ClF3N2O2S/c16-11-4-2-1-3-8(11)12-7-24-14(20-12)21-5-9(13(22)23)10(6-21)15(17,18)19/h1-4,7,9-10H,5-6H2,(H,22,23)/t9-,10-/m1/s1. The highest BCUT2D eigenvalue weighted by Gasteiger charge is 2.53. The number of halogens is 4. The van der Waals surface area contributed by atoms with E-state index in [9.17, 15) is 18.0 Å². The van der Waals surface area contributed by atoms with Crippen LogP contribution in [0.15, 0.2) is 29.6 Å². The molecule has 0 radical (unpaired) electrons. The van der Waals surface area contributed by atoms with E-state index in [1.807, 2.05) is 0 Å². The van der Waals surface area contributed by atoms with Crippen LogP contribution in [0.2, 0.25) is 5.02 Å². The number of alkyl halides is 3. The van der Waals surface area contributed by atoms with E-state index in [2.05, 4.69) is 4.98 Å². The van der Waals surface area contributed by atoms with Gasteiger partial charge in [-0.15, -0.1) is 11.3 Å². The quantitative estimate of drug-likeness (QED) is 0.873. The normalized spacial score (nSPS) is 21.2. The maximum atomic E-state index is 13.1. The lowest BCUT2D eigenvalue weighted by atomic mass is 9.96. The fourth-order valence-corrected chi connectivity index (χ4v) is 3.82. The van der Waals surface area contributed by atoms with Crippen LogP contribution in [-0.4, -0.2) is 35.3 Å². The first kappa shape index (κ1) is 17.0. The van der Waals surface area contributed by atoms with E-state index in [-0.39, 0.29) is 6.54 Å². The Labute approximate surface area is 144 Å². The van der Waals surface area contributed by atoms with Crippen molar-refractivity contribution in [3.63, 3.8) is 0 Å². The van der Waals surface area contributed by atoms with E-state index in [1.165, 1.54) is 16.2 Å². The van der Waals surface area contributed by atoms with Gasteiger partial charge in [0.05, 0.1) is 17.5 Å². The van der Waals surface area contributed by atoms with Crippen LogP contribution in [0.5, 0.6) is 0 Å². The van der Waals surface area contributed by atoms with E-state index in [0.717, 1.165) is 0 Å². The van der Waals surface area contributed by atoms with Gasteiger partial charge in [-0.2, -0.15) is 13.2 Å². The number of carboxylic acid groups (broad SMARTS) is 1. The third-order valence-electron chi connectivity index (χ3n) is 3.97. The predicted octanol–water partition coefficient (Wildman–Crippen LogP) is 4.16. The van der Waals surface area contributed by atoms with Gasteiger partial charge in [0.15, 0.2) is 5.13 Å². The highest BCUT2D eigenvalue weighted by atomic mass is 35.5. The summed E-state index contributed by atoms with van der Waals surface area (Å²) in [5.41, 5.74) is 1.24. The van der Waals surface area contributed by atoms with Gasteiger partial charge in [0.25, 0.3) is 0 Å². The van der Waals surface area contributed by atoms with Crippen molar-refractivity contribution in [2.75, 3.05) is 18.0 Å². The molecular weight excluding hydrogens is 365 g/mol. The van der Waals surface area contributed by atoms with Crippen molar-refractivity contribution in [3.8, 4) is 11.3 Å². The monoisotopic (exact) mass is 376 g/mol. The van der Waals surface area contributed by atoms with Crippen molar-refractivity contribution in [3.05, 3.63) is 34.7 Å². The Morgan fingerprint density at radius 2 is 2.04 bits per heavy atom. The first-order valence-electron chi connectivity index (χ1n) is 7.02. The third-order valence-corrected chi connectivity index (χ3v) is 5.20. The van der Waals surface area contributed by atoms with E-state index in [4.69, 9.17) is 16.7 Å². The van der Waals surface area contributed by atoms with Crippen molar-refractivity contribution >= 4 is 34.0 Å². The summed E-state index contributed by atoms with van der Waals surface area (Å²) < 4.78 is 39.2. The van der Waals surface area contributed by atoms with Gasteiger partial charge >= 0.3 is 12.1 Å². The average molecular weight is 377 g/mol. The van der Waals surface area contributed by atoms with Gasteiger partial charge in [-0.25, -0.2) is 4.98 Å². The molecule has 1 aliphatic heterocycles. The van der Waals surface area contributed by atoms with Crippen LogP contribution >= 0.6 is 22.9 Å². The van der Waals surface area contributed by atoms with Gasteiger partial charge in [0, 0.05) is 29.1 Å². The average Bonchev–Trinajstić information content (AvgIpc) is 3.14. The second kappa shape index (κ2) is 6.25. The van der Waals surface area contributed by atoms with Crippen LogP contribution in [0.4, 0.5) is 18.3 Å². The van der Waals surface area contributed by atoms with Gasteiger partial charge in [-0.3, -0.25) is 4.79 Å². The van der Waals surface area contributed by atoms with Gasteiger partial charge in [0.2, 0.25) is 0 Å². The molecular formula is C15H12ClF3N2O2S. The molecule has 1 fully saturated rings. The number of carboxylic acids is 1. The summed E-state index contributed by atoms with van der Waals surface area (Å²) in [7, 11) is 0. The van der Waals surface area contributed by atoms with Crippen molar-refractivity contribution in [1.29, 1.82) is 0 Å². The molecule has 2 atom stereocenters. The Balaban J connectivity index is 1.86. The molecule has 0 bridgehead atoms. The van der Waals surface area contributed by atoms with Gasteiger partial charge in [0.1, 0.15) is 0 Å². The molecule has 0 spiro atoms. The van der Waals surface area contributed by atoms with E-state index < -0.39 is 30.5 Å². The maximum Gasteiger partial charge on any atom is 0.394 e. The molecule has 1 aromatic heterocycles. The van der Waals surface area contributed by atoms with E-state index in [0.29, 0.717) is 21.4 Å². The van der Waals surface area contributed by atoms with Crippen molar-refractivity contribution in [2.24, 2.45) is 11.8 Å². The predicted molar refractivity (Wildman–Crippen MR) is 85.4 cm³/mol. The number of carbonyl (C=O) groups is 1. The number of benzene rings is 1. The minimum atomic E-state index is -4.55. The van der Waals surface area contributed by atoms with Crippen molar-refractivity contribution in [2.45, 2.75) is 6.18 Å². The SMILES string of the molecule is O=C(O)[C@@H]1CN(c2nc(-c3ccccc3Cl)cs2)C[C@H]1C(F)(F)F. The van der Waals surface area contributed by atoms with Crippen LogP contribution in [0.25, 0.3) is 11.3 Å². The number of nitrogens with zero attached hydrogens (tertiary/aromatic N) is 2. The fraction of sp³-hybridized carbons (Fsp3) is 0.333. The molecule has 3 rings (SSSR count). The zero-order chi connectivity index (χ0) is 17.5. The largest absolute Gasteiger partial charge is 0.481 e. The summed E-state index contributed by atoms with van der Waals surface area (Å²) in [6.45, 7) is -0.620. The number of rotatable bonds is 3. The highest BCUT2D eigenvalue weighted by Crippen LogP contribution is 2.41. The molecule has 2 heterocycles. The molecule has 0 unspecified atom stereocenters. The minimum absolute atomic E-state index is 0.213. The lowest BCUT2D eigenvalue weighted by Crippen LogP contribution is -2.33. The minimum Gasteiger partial charge on any atom is -0.481 e. The molecule has 24 heavy (non-hydrogen) atoms. The zero-order valence-electron chi connectivity index (χ0n) is 12.1. The first-order valence-corrected chi connectivity index (χ1v) is 8.28. The van der Waals surface area contributed by atoms with Gasteiger partial charge in [-0.1, -0.05) is 29.8 Å². The Bertz CT molecular complexity index is 765. The highest BCUT2D eigenvalue weighted by molar-refractivity contribution is 7.14. The summed E-state index contributed by atoms with van der Waals surface area (Å²) in [6, 6.07) is 7.02. The molecule has 1 aliphatic rings. The number of hydrogen-bond donors (Lipinski definition) is 1.